The molecule has 0 saturated heterocycles. The Hall–Kier alpha value is -2.09. The molecule has 72 valence electrons. The number of imide groups is 3. The van der Waals surface area contributed by atoms with Crippen molar-refractivity contribution in [2.45, 2.75) is 6.92 Å². The minimum atomic E-state index is -0.993. The molecule has 1 aliphatic heterocycles. The molecule has 0 aromatic heterocycles. The molecule has 1 aliphatic rings. The molecule has 1 heterocycles. The molecule has 3 amide bonds. The topological polar surface area (TPSA) is 63.7 Å². The van der Waals surface area contributed by atoms with E-state index in [1.165, 1.54) is 0 Å². The van der Waals surface area contributed by atoms with Gasteiger partial charge in [-0.3, -0.25) is 9.59 Å². The van der Waals surface area contributed by atoms with Gasteiger partial charge in [-0.1, -0.05) is 5.92 Å². The van der Waals surface area contributed by atoms with Gasteiger partial charge >= 0.3 is 6.09 Å². The molecule has 0 unspecified atom stereocenters. The van der Waals surface area contributed by atoms with Gasteiger partial charge < -0.3 is 4.74 Å². The van der Waals surface area contributed by atoms with Crippen LogP contribution >= 0.6 is 0 Å². The van der Waals surface area contributed by atoms with Crippen LogP contribution in [0.4, 0.5) is 4.79 Å². The quantitative estimate of drug-likeness (QED) is 0.436. The Morgan fingerprint density at radius 2 is 2.00 bits per heavy atom. The fourth-order valence-corrected chi connectivity index (χ4v) is 0.815. The molecule has 0 radical (unpaired) electrons. The number of carbonyl (C=O) groups is 3. The first-order valence-corrected chi connectivity index (χ1v) is 3.79. The molecule has 14 heavy (non-hydrogen) atoms. The van der Waals surface area contributed by atoms with Gasteiger partial charge in [0.2, 0.25) is 0 Å². The molecule has 0 N–H and O–H groups in total. The second kappa shape index (κ2) is 4.23. The van der Waals surface area contributed by atoms with Crippen molar-refractivity contribution < 1.29 is 19.1 Å². The van der Waals surface area contributed by atoms with E-state index in [9.17, 15) is 14.4 Å². The van der Waals surface area contributed by atoms with E-state index in [0.29, 0.717) is 4.90 Å². The Morgan fingerprint density at radius 3 is 2.50 bits per heavy atom. The zero-order valence-electron chi connectivity index (χ0n) is 7.44. The molecule has 0 fully saturated rings. The van der Waals surface area contributed by atoms with Crippen LogP contribution in [0, 0.1) is 11.8 Å². The van der Waals surface area contributed by atoms with Gasteiger partial charge in [0.05, 0.1) is 0 Å². The second-order valence-electron chi connectivity index (χ2n) is 2.33. The summed E-state index contributed by atoms with van der Waals surface area (Å²) < 4.78 is 4.54. The monoisotopic (exact) mass is 193 g/mol. The molecule has 5 heteroatoms. The third-order valence-corrected chi connectivity index (χ3v) is 1.44. The summed E-state index contributed by atoms with van der Waals surface area (Å²) in [5.74, 6) is 3.59. The third-order valence-electron chi connectivity index (χ3n) is 1.44. The van der Waals surface area contributed by atoms with Gasteiger partial charge in [0, 0.05) is 12.2 Å². The first kappa shape index (κ1) is 9.99. The maximum Gasteiger partial charge on any atom is 0.425 e. The molecule has 5 nitrogen and oxygen atoms in total. The zero-order chi connectivity index (χ0) is 10.6. The van der Waals surface area contributed by atoms with E-state index in [4.69, 9.17) is 0 Å². The molecule has 1 rings (SSSR count). The van der Waals surface area contributed by atoms with Crippen LogP contribution in [0.1, 0.15) is 6.92 Å². The first-order valence-electron chi connectivity index (χ1n) is 3.79. The predicted molar refractivity (Wildman–Crippen MR) is 45.8 cm³/mol. The summed E-state index contributed by atoms with van der Waals surface area (Å²) in [5, 5.41) is 0. The van der Waals surface area contributed by atoms with Crippen LogP contribution in [0.3, 0.4) is 0 Å². The zero-order valence-corrected chi connectivity index (χ0v) is 7.44. The minimum absolute atomic E-state index is 0.133. The van der Waals surface area contributed by atoms with Crippen molar-refractivity contribution in [1.82, 2.24) is 4.90 Å². The van der Waals surface area contributed by atoms with Crippen molar-refractivity contribution in [2.24, 2.45) is 0 Å². The van der Waals surface area contributed by atoms with Crippen molar-refractivity contribution in [3.8, 4) is 11.8 Å². The summed E-state index contributed by atoms with van der Waals surface area (Å²) in [6.07, 6.45) is 1.03. The van der Waals surface area contributed by atoms with Gasteiger partial charge in [-0.15, -0.1) is 5.92 Å². The smallest absolute Gasteiger partial charge is 0.425 e. The molecule has 0 aliphatic carbocycles. The Bertz CT molecular complexity index is 354. The van der Waals surface area contributed by atoms with Gasteiger partial charge in [0.15, 0.2) is 6.61 Å². The minimum Gasteiger partial charge on any atom is -0.436 e. The normalized spacial score (nSPS) is 13.9. The van der Waals surface area contributed by atoms with Crippen LogP contribution in [-0.2, 0) is 14.3 Å². The highest BCUT2D eigenvalue weighted by molar-refractivity contribution is 6.21. The van der Waals surface area contributed by atoms with Crippen molar-refractivity contribution in [3.05, 3.63) is 12.2 Å². The Labute approximate surface area is 80.3 Å². The molecule has 0 saturated carbocycles. The summed E-state index contributed by atoms with van der Waals surface area (Å²) in [7, 11) is 0. The SMILES string of the molecule is CC#CCOC(=O)N1C(=O)C=CC1=O. The van der Waals surface area contributed by atoms with E-state index in [-0.39, 0.29) is 6.61 Å². The molecule has 0 bridgehead atoms. The number of rotatable bonds is 1. The lowest BCUT2D eigenvalue weighted by Crippen LogP contribution is -2.36. The average molecular weight is 193 g/mol. The number of ether oxygens (including phenoxy) is 1. The number of hydrogen-bond acceptors (Lipinski definition) is 4. The molecule has 0 spiro atoms. The molecule has 0 aromatic carbocycles. The fourth-order valence-electron chi connectivity index (χ4n) is 0.815. The molecular formula is C9H7NO4. The van der Waals surface area contributed by atoms with Crippen molar-refractivity contribution >= 4 is 17.9 Å². The summed E-state index contributed by atoms with van der Waals surface area (Å²) >= 11 is 0. The summed E-state index contributed by atoms with van der Waals surface area (Å²) in [6, 6.07) is 0. The lowest BCUT2D eigenvalue weighted by Gasteiger charge is -2.09. The molecular weight excluding hydrogens is 186 g/mol. The predicted octanol–water partition coefficient (Wildman–Crippen LogP) is 0.0713. The van der Waals surface area contributed by atoms with E-state index >= 15 is 0 Å². The van der Waals surface area contributed by atoms with Crippen LogP contribution in [0.5, 0.6) is 0 Å². The van der Waals surface area contributed by atoms with Gasteiger partial charge in [-0.2, -0.15) is 4.90 Å². The van der Waals surface area contributed by atoms with E-state index in [2.05, 4.69) is 16.6 Å². The van der Waals surface area contributed by atoms with Crippen LogP contribution in [0.2, 0.25) is 0 Å². The Morgan fingerprint density at radius 1 is 1.43 bits per heavy atom. The van der Waals surface area contributed by atoms with Crippen LogP contribution < -0.4 is 0 Å². The highest BCUT2D eigenvalue weighted by atomic mass is 16.6. The van der Waals surface area contributed by atoms with Gasteiger partial charge in [-0.05, 0) is 6.92 Å². The van der Waals surface area contributed by atoms with Crippen molar-refractivity contribution in [1.29, 1.82) is 0 Å². The van der Waals surface area contributed by atoms with Crippen LogP contribution in [0.25, 0.3) is 0 Å². The van der Waals surface area contributed by atoms with Crippen LogP contribution in [-0.4, -0.2) is 29.4 Å². The largest absolute Gasteiger partial charge is 0.436 e. The number of hydrogen-bond donors (Lipinski definition) is 0. The van der Waals surface area contributed by atoms with Crippen LogP contribution in [0.15, 0.2) is 12.2 Å². The highest BCUT2D eigenvalue weighted by Crippen LogP contribution is 2.05. The lowest BCUT2D eigenvalue weighted by atomic mass is 10.6. The van der Waals surface area contributed by atoms with E-state index in [0.717, 1.165) is 12.2 Å². The second-order valence-corrected chi connectivity index (χ2v) is 2.33. The average Bonchev–Trinajstić information content (AvgIpc) is 2.46. The summed E-state index contributed by atoms with van der Waals surface area (Å²) in [4.78, 5) is 33.4. The van der Waals surface area contributed by atoms with Crippen molar-refractivity contribution in [3.63, 3.8) is 0 Å². The maximum absolute atomic E-state index is 11.1. The summed E-state index contributed by atoms with van der Waals surface area (Å²) in [6.45, 7) is 1.45. The molecule has 0 atom stereocenters. The number of amides is 3. The van der Waals surface area contributed by atoms with Gasteiger partial charge in [0.25, 0.3) is 11.8 Å². The standard InChI is InChI=1S/C9H7NO4/c1-2-3-6-14-9(13)10-7(11)4-5-8(10)12/h4-5H,6H2,1H3. The Balaban J connectivity index is 2.56. The first-order chi connectivity index (χ1) is 6.66. The fraction of sp³-hybridized carbons (Fsp3) is 0.222. The van der Waals surface area contributed by atoms with Crippen molar-refractivity contribution in [2.75, 3.05) is 6.61 Å². The van der Waals surface area contributed by atoms with E-state index < -0.39 is 17.9 Å². The van der Waals surface area contributed by atoms with E-state index in [1.807, 2.05) is 0 Å². The third kappa shape index (κ3) is 1.98. The lowest BCUT2D eigenvalue weighted by molar-refractivity contribution is -0.134. The Kier molecular flexibility index (Phi) is 3.02. The highest BCUT2D eigenvalue weighted by Gasteiger charge is 2.31. The van der Waals surface area contributed by atoms with E-state index in [1.54, 1.807) is 6.92 Å². The maximum atomic E-state index is 11.1. The van der Waals surface area contributed by atoms with Gasteiger partial charge in [0.1, 0.15) is 0 Å². The number of nitrogens with zero attached hydrogens (tertiary/aromatic N) is 1. The molecule has 0 aromatic rings. The van der Waals surface area contributed by atoms with Gasteiger partial charge in [-0.25, -0.2) is 4.79 Å². The summed E-state index contributed by atoms with van der Waals surface area (Å²) in [5.41, 5.74) is 0. The number of carbonyl (C=O) groups excluding carboxylic acids is 3.